The minimum absolute atomic E-state index is 0.645. The number of nitrogens with one attached hydrogen (secondary N) is 1. The predicted octanol–water partition coefficient (Wildman–Crippen LogP) is 2.04. The van der Waals surface area contributed by atoms with Crippen LogP contribution in [-0.2, 0) is 16.6 Å². The molecule has 1 saturated heterocycles. The number of sulfonamides is 1. The molecule has 1 heterocycles. The number of likely N-dealkylation sites (tertiary alicyclic amines) is 1. The Kier molecular flexibility index (Phi) is 4.24. The van der Waals surface area contributed by atoms with E-state index in [0.717, 1.165) is 25.2 Å². The van der Waals surface area contributed by atoms with Crippen LogP contribution in [0.25, 0.3) is 0 Å². The number of nitrogens with zero attached hydrogens (tertiary/aromatic N) is 1. The second kappa shape index (κ2) is 5.71. The molecule has 1 aromatic rings. The number of rotatable bonds is 4. The van der Waals surface area contributed by atoms with Crippen molar-refractivity contribution < 1.29 is 8.42 Å². The van der Waals surface area contributed by atoms with Crippen molar-refractivity contribution in [2.45, 2.75) is 25.8 Å². The zero-order chi connectivity index (χ0) is 13.0. The van der Waals surface area contributed by atoms with Crippen molar-refractivity contribution in [2.75, 3.05) is 24.1 Å². The molecule has 0 atom stereocenters. The Balaban J connectivity index is 2.02. The van der Waals surface area contributed by atoms with Gasteiger partial charge in [-0.25, -0.2) is 8.42 Å². The van der Waals surface area contributed by atoms with Gasteiger partial charge in [-0.15, -0.1) is 0 Å². The molecule has 5 heteroatoms. The highest BCUT2D eigenvalue weighted by atomic mass is 32.2. The summed E-state index contributed by atoms with van der Waals surface area (Å²) >= 11 is 0. The molecule has 0 bridgehead atoms. The minimum atomic E-state index is -3.19. The zero-order valence-electron chi connectivity index (χ0n) is 10.7. The standard InChI is InChI=1S/C13H20N2O2S/c1-18(16,17)14-13-7-5-6-12(10-13)11-15-8-3-2-4-9-15/h5-7,10,14H,2-4,8-9,11H2,1H3. The second-order valence-electron chi connectivity index (χ2n) is 4.91. The van der Waals surface area contributed by atoms with E-state index in [9.17, 15) is 8.42 Å². The van der Waals surface area contributed by atoms with E-state index in [0.29, 0.717) is 5.69 Å². The molecule has 18 heavy (non-hydrogen) atoms. The lowest BCUT2D eigenvalue weighted by Gasteiger charge is -2.26. The first kappa shape index (κ1) is 13.4. The SMILES string of the molecule is CS(=O)(=O)Nc1cccc(CN2CCCCC2)c1. The lowest BCUT2D eigenvalue weighted by molar-refractivity contribution is 0.221. The van der Waals surface area contributed by atoms with E-state index < -0.39 is 10.0 Å². The third-order valence-corrected chi connectivity index (χ3v) is 3.69. The number of piperidine rings is 1. The maximum absolute atomic E-state index is 11.2. The van der Waals surface area contributed by atoms with Crippen molar-refractivity contribution in [3.05, 3.63) is 29.8 Å². The van der Waals surface area contributed by atoms with E-state index in [-0.39, 0.29) is 0 Å². The maximum Gasteiger partial charge on any atom is 0.229 e. The quantitative estimate of drug-likeness (QED) is 0.909. The first-order valence-electron chi connectivity index (χ1n) is 6.32. The van der Waals surface area contributed by atoms with Gasteiger partial charge >= 0.3 is 0 Å². The van der Waals surface area contributed by atoms with Crippen LogP contribution in [0, 0.1) is 0 Å². The van der Waals surface area contributed by atoms with Gasteiger partial charge in [0.15, 0.2) is 0 Å². The fourth-order valence-corrected chi connectivity index (χ4v) is 2.88. The van der Waals surface area contributed by atoms with Crippen molar-refractivity contribution in [1.82, 2.24) is 4.90 Å². The Bertz CT molecular complexity index is 493. The van der Waals surface area contributed by atoms with Crippen LogP contribution in [0.3, 0.4) is 0 Å². The number of hydrogen-bond acceptors (Lipinski definition) is 3. The Morgan fingerprint density at radius 1 is 1.22 bits per heavy atom. The Hall–Kier alpha value is -1.07. The fraction of sp³-hybridized carbons (Fsp3) is 0.538. The average Bonchev–Trinajstić information content (AvgIpc) is 2.28. The summed E-state index contributed by atoms with van der Waals surface area (Å²) in [7, 11) is -3.19. The molecule has 4 nitrogen and oxygen atoms in total. The highest BCUT2D eigenvalue weighted by Crippen LogP contribution is 2.16. The molecule has 0 spiro atoms. The highest BCUT2D eigenvalue weighted by molar-refractivity contribution is 7.92. The molecule has 0 aromatic heterocycles. The normalized spacial score (nSPS) is 17.6. The largest absolute Gasteiger partial charge is 0.299 e. The summed E-state index contributed by atoms with van der Waals surface area (Å²) < 4.78 is 24.9. The Morgan fingerprint density at radius 2 is 1.94 bits per heavy atom. The number of hydrogen-bond donors (Lipinski definition) is 1. The third kappa shape index (κ3) is 4.31. The summed E-state index contributed by atoms with van der Waals surface area (Å²) in [5.41, 5.74) is 1.80. The molecular weight excluding hydrogens is 248 g/mol. The van der Waals surface area contributed by atoms with Crippen LogP contribution in [0.2, 0.25) is 0 Å². The van der Waals surface area contributed by atoms with Gasteiger partial charge in [0.2, 0.25) is 10.0 Å². The van der Waals surface area contributed by atoms with Gasteiger partial charge in [0.1, 0.15) is 0 Å². The fourth-order valence-electron chi connectivity index (χ4n) is 2.32. The lowest BCUT2D eigenvalue weighted by Crippen LogP contribution is -2.29. The van der Waals surface area contributed by atoms with Crippen LogP contribution in [0.4, 0.5) is 5.69 Å². The van der Waals surface area contributed by atoms with Crippen LogP contribution in [0.5, 0.6) is 0 Å². The van der Waals surface area contributed by atoms with Crippen LogP contribution in [0.15, 0.2) is 24.3 Å². The van der Waals surface area contributed by atoms with E-state index in [1.165, 1.54) is 25.5 Å². The summed E-state index contributed by atoms with van der Waals surface area (Å²) in [5, 5.41) is 0. The van der Waals surface area contributed by atoms with E-state index in [1.54, 1.807) is 6.07 Å². The molecule has 1 N–H and O–H groups in total. The van der Waals surface area contributed by atoms with Crippen molar-refractivity contribution in [3.8, 4) is 0 Å². The number of anilines is 1. The maximum atomic E-state index is 11.2. The summed E-state index contributed by atoms with van der Waals surface area (Å²) in [6.07, 6.45) is 5.03. The first-order valence-corrected chi connectivity index (χ1v) is 8.21. The van der Waals surface area contributed by atoms with E-state index in [4.69, 9.17) is 0 Å². The van der Waals surface area contributed by atoms with Crippen molar-refractivity contribution in [3.63, 3.8) is 0 Å². The molecule has 0 amide bonds. The smallest absolute Gasteiger partial charge is 0.229 e. The van der Waals surface area contributed by atoms with Gasteiger partial charge in [0.25, 0.3) is 0 Å². The monoisotopic (exact) mass is 268 g/mol. The molecule has 1 fully saturated rings. The third-order valence-electron chi connectivity index (χ3n) is 3.09. The topological polar surface area (TPSA) is 49.4 Å². The van der Waals surface area contributed by atoms with Gasteiger partial charge < -0.3 is 0 Å². The van der Waals surface area contributed by atoms with E-state index in [1.807, 2.05) is 18.2 Å². The van der Waals surface area contributed by atoms with Crippen LogP contribution < -0.4 is 4.72 Å². The van der Waals surface area contributed by atoms with Crippen molar-refractivity contribution in [2.24, 2.45) is 0 Å². The summed E-state index contributed by atoms with van der Waals surface area (Å²) in [6, 6.07) is 7.63. The van der Waals surface area contributed by atoms with Gasteiger partial charge in [-0.3, -0.25) is 9.62 Å². The molecule has 100 valence electrons. The molecule has 0 aliphatic carbocycles. The number of benzene rings is 1. The van der Waals surface area contributed by atoms with Crippen molar-refractivity contribution >= 4 is 15.7 Å². The van der Waals surface area contributed by atoms with Crippen LogP contribution >= 0.6 is 0 Å². The molecular formula is C13H20N2O2S. The molecule has 0 radical (unpaired) electrons. The van der Waals surface area contributed by atoms with Crippen molar-refractivity contribution in [1.29, 1.82) is 0 Å². The van der Waals surface area contributed by atoms with E-state index >= 15 is 0 Å². The highest BCUT2D eigenvalue weighted by Gasteiger charge is 2.10. The predicted molar refractivity (Wildman–Crippen MR) is 74.0 cm³/mol. The summed E-state index contributed by atoms with van der Waals surface area (Å²) in [5.74, 6) is 0. The Morgan fingerprint density at radius 3 is 2.61 bits per heavy atom. The molecule has 1 aliphatic rings. The van der Waals surface area contributed by atoms with Crippen LogP contribution in [-0.4, -0.2) is 32.7 Å². The molecule has 0 saturated carbocycles. The first-order chi connectivity index (χ1) is 8.53. The van der Waals surface area contributed by atoms with Crippen LogP contribution in [0.1, 0.15) is 24.8 Å². The average molecular weight is 268 g/mol. The second-order valence-corrected chi connectivity index (χ2v) is 6.66. The molecule has 2 rings (SSSR count). The van der Waals surface area contributed by atoms with Gasteiger partial charge in [-0.2, -0.15) is 0 Å². The minimum Gasteiger partial charge on any atom is -0.299 e. The van der Waals surface area contributed by atoms with Gasteiger partial charge in [0.05, 0.1) is 6.26 Å². The Labute approximate surface area is 109 Å². The molecule has 0 unspecified atom stereocenters. The van der Waals surface area contributed by atoms with Gasteiger partial charge in [-0.1, -0.05) is 18.6 Å². The van der Waals surface area contributed by atoms with E-state index in [2.05, 4.69) is 9.62 Å². The van der Waals surface area contributed by atoms with Gasteiger partial charge in [0, 0.05) is 12.2 Å². The summed E-state index contributed by atoms with van der Waals surface area (Å²) in [4.78, 5) is 2.42. The summed E-state index contributed by atoms with van der Waals surface area (Å²) in [6.45, 7) is 3.19. The molecule has 1 aromatic carbocycles. The zero-order valence-corrected chi connectivity index (χ0v) is 11.5. The lowest BCUT2D eigenvalue weighted by atomic mass is 10.1. The van der Waals surface area contributed by atoms with Gasteiger partial charge in [-0.05, 0) is 43.6 Å². The molecule has 1 aliphatic heterocycles.